The van der Waals surface area contributed by atoms with Crippen LogP contribution in [0.25, 0.3) is 27.6 Å². The van der Waals surface area contributed by atoms with E-state index in [1.165, 1.54) is 27.1 Å². The lowest BCUT2D eigenvalue weighted by Gasteiger charge is -2.03. The second-order valence-electron chi connectivity index (χ2n) is 4.42. The highest BCUT2D eigenvalue weighted by atomic mass is 14.0. The van der Waals surface area contributed by atoms with Gasteiger partial charge in [0.1, 0.15) is 0 Å². The molecule has 0 fully saturated rings. The van der Waals surface area contributed by atoms with E-state index in [1.807, 2.05) is 26.8 Å². The average molecular weight is 304 g/mol. The van der Waals surface area contributed by atoms with E-state index in [-0.39, 0.29) is 0 Å². The average Bonchev–Trinajstić information content (AvgIpc) is 2.63. The molecule has 0 bridgehead atoms. The molecule has 0 nitrogen and oxygen atoms in total. The predicted molar refractivity (Wildman–Crippen MR) is 110 cm³/mol. The Labute approximate surface area is 141 Å². The summed E-state index contributed by atoms with van der Waals surface area (Å²) in [5.74, 6) is 0. The Balaban J connectivity index is 0.000000609. The summed E-state index contributed by atoms with van der Waals surface area (Å²) in [6.45, 7) is 19.1. The quantitative estimate of drug-likeness (QED) is 0.320. The van der Waals surface area contributed by atoms with Crippen molar-refractivity contribution in [2.75, 3.05) is 0 Å². The van der Waals surface area contributed by atoms with Crippen LogP contribution in [0.5, 0.6) is 0 Å². The maximum absolute atomic E-state index is 3.80. The van der Waals surface area contributed by atoms with Crippen LogP contribution in [-0.2, 0) is 0 Å². The minimum absolute atomic E-state index is 1.17. The van der Waals surface area contributed by atoms with Gasteiger partial charge in [0.15, 0.2) is 0 Å². The molecule has 0 unspecified atom stereocenters. The third-order valence-corrected chi connectivity index (χ3v) is 2.96. The number of hydrogen-bond acceptors (Lipinski definition) is 0. The number of benzene rings is 3. The van der Waals surface area contributed by atoms with Crippen molar-refractivity contribution < 1.29 is 0 Å². The van der Waals surface area contributed by atoms with Gasteiger partial charge < -0.3 is 0 Å². The standard InChI is InChI=1S/C16H12.C3H6.C2H6.C2H4/c1-2-12-7-8-15-10-13-5-3-4-6-14(13)11-16(15)9-12;1-3-2;2*1-2/h2-11H,1H2;3H,1H2,2H3;1-2H3;1-2H2. The zero-order chi connectivity index (χ0) is 17.7. The third kappa shape index (κ3) is 5.96. The maximum Gasteiger partial charge on any atom is -0.0172 e. The van der Waals surface area contributed by atoms with E-state index in [4.69, 9.17) is 0 Å². The predicted octanol–water partition coefficient (Wildman–Crippen LogP) is 7.66. The topological polar surface area (TPSA) is 0 Å². The molecule has 0 heteroatoms. The Morgan fingerprint density at radius 1 is 0.696 bits per heavy atom. The first-order valence-electron chi connectivity index (χ1n) is 7.90. The Bertz CT molecular complexity index is 735. The molecular formula is C23H28. The van der Waals surface area contributed by atoms with Crippen molar-refractivity contribution in [2.24, 2.45) is 0 Å². The van der Waals surface area contributed by atoms with Crippen LogP contribution >= 0.6 is 0 Å². The summed E-state index contributed by atoms with van der Waals surface area (Å²) in [7, 11) is 0. The smallest absolute Gasteiger partial charge is 0.0172 e. The summed E-state index contributed by atoms with van der Waals surface area (Å²) in [4.78, 5) is 0. The molecule has 0 amide bonds. The molecule has 0 spiro atoms. The van der Waals surface area contributed by atoms with Crippen molar-refractivity contribution in [3.05, 3.63) is 92.6 Å². The van der Waals surface area contributed by atoms with E-state index in [9.17, 15) is 0 Å². The molecule has 23 heavy (non-hydrogen) atoms. The maximum atomic E-state index is 3.80. The van der Waals surface area contributed by atoms with Gasteiger partial charge in [-0.25, -0.2) is 0 Å². The lowest BCUT2D eigenvalue weighted by atomic mass is 10.0. The Kier molecular flexibility index (Phi) is 10.6. The van der Waals surface area contributed by atoms with Crippen molar-refractivity contribution in [1.29, 1.82) is 0 Å². The lowest BCUT2D eigenvalue weighted by Crippen LogP contribution is -1.77. The molecule has 0 N–H and O–H groups in total. The van der Waals surface area contributed by atoms with E-state index >= 15 is 0 Å². The van der Waals surface area contributed by atoms with Crippen molar-refractivity contribution in [3.63, 3.8) is 0 Å². The van der Waals surface area contributed by atoms with Crippen LogP contribution in [0.4, 0.5) is 0 Å². The number of fused-ring (bicyclic) bond motifs is 2. The number of hydrogen-bond donors (Lipinski definition) is 0. The fourth-order valence-corrected chi connectivity index (χ4v) is 2.09. The molecule has 3 aromatic rings. The van der Waals surface area contributed by atoms with E-state index < -0.39 is 0 Å². The largest absolute Gasteiger partial charge is 0.106 e. The molecule has 120 valence electrons. The first kappa shape index (κ1) is 20.4. The number of allylic oxidation sites excluding steroid dienone is 1. The highest BCUT2D eigenvalue weighted by molar-refractivity contribution is 5.98. The van der Waals surface area contributed by atoms with Crippen molar-refractivity contribution in [3.8, 4) is 0 Å². The van der Waals surface area contributed by atoms with Crippen LogP contribution in [0.2, 0.25) is 0 Å². The lowest BCUT2D eigenvalue weighted by molar-refractivity contribution is 1.50. The highest BCUT2D eigenvalue weighted by Crippen LogP contribution is 2.23. The normalized spacial score (nSPS) is 8.48. The second kappa shape index (κ2) is 12.0. The summed E-state index contributed by atoms with van der Waals surface area (Å²) in [5.41, 5.74) is 1.17. The van der Waals surface area contributed by atoms with Crippen LogP contribution in [0.15, 0.2) is 87.0 Å². The zero-order valence-electron chi connectivity index (χ0n) is 14.7. The van der Waals surface area contributed by atoms with Gasteiger partial charge in [0.05, 0.1) is 0 Å². The SMILES string of the molecule is C=C.C=CC.C=Cc1ccc2cc3ccccc3cc2c1.CC. The van der Waals surface area contributed by atoms with Gasteiger partial charge in [0.25, 0.3) is 0 Å². The molecule has 0 saturated carbocycles. The van der Waals surface area contributed by atoms with Crippen molar-refractivity contribution in [1.82, 2.24) is 0 Å². The molecule has 0 aliphatic carbocycles. The second-order valence-corrected chi connectivity index (χ2v) is 4.42. The molecule has 0 heterocycles. The minimum atomic E-state index is 1.17. The zero-order valence-corrected chi connectivity index (χ0v) is 14.7. The van der Waals surface area contributed by atoms with Gasteiger partial charge in [-0.2, -0.15) is 0 Å². The molecule has 0 aliphatic heterocycles. The Morgan fingerprint density at radius 3 is 1.61 bits per heavy atom. The minimum Gasteiger partial charge on any atom is -0.106 e. The molecule has 0 atom stereocenters. The van der Waals surface area contributed by atoms with Gasteiger partial charge >= 0.3 is 0 Å². The molecular weight excluding hydrogens is 276 g/mol. The Hall–Kier alpha value is -2.60. The molecule has 0 aromatic heterocycles. The molecule has 0 aliphatic rings. The molecule has 3 rings (SSSR count). The van der Waals surface area contributed by atoms with Gasteiger partial charge in [-0.15, -0.1) is 19.7 Å². The van der Waals surface area contributed by atoms with Crippen LogP contribution in [-0.4, -0.2) is 0 Å². The van der Waals surface area contributed by atoms with Crippen molar-refractivity contribution >= 4 is 27.6 Å². The van der Waals surface area contributed by atoms with E-state index in [0.29, 0.717) is 0 Å². The van der Waals surface area contributed by atoms with Crippen LogP contribution in [0.1, 0.15) is 26.3 Å². The summed E-state index contributed by atoms with van der Waals surface area (Å²) >= 11 is 0. The van der Waals surface area contributed by atoms with Crippen LogP contribution in [0.3, 0.4) is 0 Å². The van der Waals surface area contributed by atoms with Crippen molar-refractivity contribution in [2.45, 2.75) is 20.8 Å². The van der Waals surface area contributed by atoms with Crippen LogP contribution in [0, 0.1) is 0 Å². The van der Waals surface area contributed by atoms with Gasteiger partial charge in [-0.1, -0.05) is 69.0 Å². The first-order chi connectivity index (χ1) is 11.3. The third-order valence-electron chi connectivity index (χ3n) is 2.96. The Morgan fingerprint density at radius 2 is 1.13 bits per heavy atom. The summed E-state index contributed by atoms with van der Waals surface area (Å²) < 4.78 is 0. The van der Waals surface area contributed by atoms with Gasteiger partial charge in [0, 0.05) is 0 Å². The highest BCUT2D eigenvalue weighted by Gasteiger charge is 1.97. The van der Waals surface area contributed by atoms with Gasteiger partial charge in [-0.05, 0) is 52.2 Å². The fourth-order valence-electron chi connectivity index (χ4n) is 2.09. The molecule has 0 saturated heterocycles. The van der Waals surface area contributed by atoms with Gasteiger partial charge in [-0.3, -0.25) is 0 Å². The van der Waals surface area contributed by atoms with Crippen LogP contribution < -0.4 is 0 Å². The fraction of sp³-hybridized carbons (Fsp3) is 0.130. The number of rotatable bonds is 1. The van der Waals surface area contributed by atoms with E-state index in [0.717, 1.165) is 0 Å². The van der Waals surface area contributed by atoms with Gasteiger partial charge in [0.2, 0.25) is 0 Å². The van der Waals surface area contributed by atoms with E-state index in [2.05, 4.69) is 80.9 Å². The summed E-state index contributed by atoms with van der Waals surface area (Å²) in [6, 6.07) is 19.3. The monoisotopic (exact) mass is 304 g/mol. The molecule has 3 aromatic carbocycles. The van der Waals surface area contributed by atoms with E-state index in [1.54, 1.807) is 6.08 Å². The first-order valence-corrected chi connectivity index (χ1v) is 7.90. The summed E-state index contributed by atoms with van der Waals surface area (Å²) in [6.07, 6.45) is 3.63. The summed E-state index contributed by atoms with van der Waals surface area (Å²) in [5, 5.41) is 5.14. The molecule has 0 radical (unpaired) electrons.